The van der Waals surface area contributed by atoms with Crippen LogP contribution in [0.1, 0.15) is 16.4 Å². The molecule has 0 bridgehead atoms. The van der Waals surface area contributed by atoms with Gasteiger partial charge < -0.3 is 0 Å². The van der Waals surface area contributed by atoms with Crippen molar-refractivity contribution in [3.05, 3.63) is 182 Å². The van der Waals surface area contributed by atoms with Crippen LogP contribution in [0.15, 0.2) is 182 Å². The number of imidazole rings is 3. The average Bonchev–Trinajstić information content (AvgIpc) is 4.04. The van der Waals surface area contributed by atoms with E-state index in [1.807, 2.05) is 18.2 Å². The van der Waals surface area contributed by atoms with Crippen LogP contribution in [0.3, 0.4) is 0 Å². The molecule has 0 spiro atoms. The van der Waals surface area contributed by atoms with Crippen LogP contribution in [0, 0.1) is 0 Å². The second-order valence-corrected chi connectivity index (χ2v) is 11.7. The maximum atomic E-state index is 9.05. The van der Waals surface area contributed by atoms with E-state index in [2.05, 4.69) is 0 Å². The highest BCUT2D eigenvalue weighted by Crippen LogP contribution is 2.38. The molecule has 0 unspecified atom stereocenters. The number of fused-ring (bicyclic) bond motifs is 3. The smallest absolute Gasteiger partial charge is 0.145 e. The minimum Gasteiger partial charge on any atom is -0.292 e. The molecule has 6 nitrogen and oxygen atoms in total. The van der Waals surface area contributed by atoms with Crippen LogP contribution in [-0.4, -0.2) is 28.7 Å². The van der Waals surface area contributed by atoms with Crippen molar-refractivity contribution in [2.24, 2.45) is 0 Å². The Morgan fingerprint density at radius 2 is 0.627 bits per heavy atom. The normalized spacial score (nSPS) is 14.8. The predicted octanol–water partition coefficient (Wildman–Crippen LogP) is 10.7. The molecule has 0 saturated heterocycles. The van der Waals surface area contributed by atoms with Gasteiger partial charge in [0.25, 0.3) is 0 Å². The van der Waals surface area contributed by atoms with Crippen molar-refractivity contribution in [3.63, 3.8) is 0 Å². The molecule has 0 amide bonds. The van der Waals surface area contributed by atoms with E-state index in [0.717, 1.165) is 0 Å². The van der Waals surface area contributed by atoms with Gasteiger partial charge in [0.2, 0.25) is 0 Å². The minimum absolute atomic E-state index is 0.00662. The molecule has 10 aromatic rings. The second kappa shape index (κ2) is 11.8. The Balaban J connectivity index is 1.40. The molecule has 3 aromatic heterocycles. The first-order valence-electron chi connectivity index (χ1n) is 22.1. The largest absolute Gasteiger partial charge is 0.292 e. The van der Waals surface area contributed by atoms with Crippen molar-refractivity contribution in [1.82, 2.24) is 28.7 Å². The first-order chi connectivity index (χ1) is 30.3. The van der Waals surface area contributed by atoms with Gasteiger partial charge in [-0.05, 0) is 90.9 Å². The van der Waals surface area contributed by atoms with Gasteiger partial charge in [0.05, 0.1) is 49.5 Å². The Labute approximate surface area is 311 Å². The highest BCUT2D eigenvalue weighted by atomic mass is 15.1. The van der Waals surface area contributed by atoms with E-state index in [0.29, 0.717) is 33.8 Å². The molecule has 3 heterocycles. The van der Waals surface area contributed by atoms with Gasteiger partial charge in [-0.15, -0.1) is 0 Å². The first-order valence-corrected chi connectivity index (χ1v) is 16.1. The Hall–Kier alpha value is -7.05. The monoisotopic (exact) mass is 666 g/mol. The topological polar surface area (TPSA) is 53.5 Å². The number of rotatable bonds is 6. The van der Waals surface area contributed by atoms with Gasteiger partial charge in [-0.3, -0.25) is 13.7 Å². The van der Waals surface area contributed by atoms with Crippen LogP contribution in [0.4, 0.5) is 0 Å². The lowest BCUT2D eigenvalue weighted by atomic mass is 10.0. The maximum Gasteiger partial charge on any atom is 0.145 e. The molecule has 240 valence electrons. The summed E-state index contributed by atoms with van der Waals surface area (Å²) in [6, 6.07) is 27.4. The van der Waals surface area contributed by atoms with E-state index < -0.39 is 36.3 Å². The van der Waals surface area contributed by atoms with E-state index in [-0.39, 0.29) is 86.8 Å². The molecular weight excluding hydrogens is 625 g/mol. The summed E-state index contributed by atoms with van der Waals surface area (Å²) >= 11 is 0. The SMILES string of the molecule is [2H]c1c([2H])c([2H])c2c(nc(-c3cc(-c4nc5c([2H])c([2H])c([2H])c([2H])c5n4-c4ccccc4)cc(-c4nc5c([2H])c([2H])c([2H])c([2H])c5n4-c4ccccc4)c3)n2-c2ccccc2)c1[2H]. The fourth-order valence-electron chi connectivity index (χ4n) is 6.49. The molecule has 0 atom stereocenters. The molecule has 51 heavy (non-hydrogen) atoms. The van der Waals surface area contributed by atoms with E-state index in [9.17, 15) is 0 Å². The van der Waals surface area contributed by atoms with Gasteiger partial charge in [0.1, 0.15) is 17.5 Å². The summed E-state index contributed by atoms with van der Waals surface area (Å²) in [6.45, 7) is 0. The fraction of sp³-hybridized carbons (Fsp3) is 0. The zero-order valence-corrected chi connectivity index (χ0v) is 26.6. The van der Waals surface area contributed by atoms with Crippen LogP contribution >= 0.6 is 0 Å². The van der Waals surface area contributed by atoms with E-state index in [4.69, 9.17) is 31.4 Å². The zero-order valence-electron chi connectivity index (χ0n) is 38.6. The van der Waals surface area contributed by atoms with Crippen molar-refractivity contribution in [3.8, 4) is 51.2 Å². The Morgan fingerprint density at radius 3 is 0.922 bits per heavy atom. The van der Waals surface area contributed by atoms with Gasteiger partial charge in [-0.1, -0.05) is 90.9 Å². The molecule has 0 aliphatic rings. The van der Waals surface area contributed by atoms with Crippen molar-refractivity contribution in [2.45, 2.75) is 0 Å². The van der Waals surface area contributed by atoms with Gasteiger partial charge in [0, 0.05) is 33.8 Å². The summed E-state index contributed by atoms with van der Waals surface area (Å²) in [5.41, 5.74) is 3.06. The van der Waals surface area contributed by atoms with Gasteiger partial charge in [-0.25, -0.2) is 15.0 Å². The summed E-state index contributed by atoms with van der Waals surface area (Å²) in [5.74, 6) is 0.596. The lowest BCUT2D eigenvalue weighted by Gasteiger charge is -2.15. The van der Waals surface area contributed by atoms with E-state index in [1.165, 1.54) is 0 Å². The Kier molecular flexibility index (Phi) is 4.46. The highest BCUT2D eigenvalue weighted by Gasteiger charge is 2.22. The number of benzene rings is 7. The van der Waals surface area contributed by atoms with Crippen molar-refractivity contribution in [2.75, 3.05) is 0 Å². The van der Waals surface area contributed by atoms with Crippen molar-refractivity contribution in [1.29, 1.82) is 0 Å². The molecule has 0 radical (unpaired) electrons. The number of hydrogen-bond donors (Lipinski definition) is 0. The van der Waals surface area contributed by atoms with E-state index >= 15 is 0 Å². The second-order valence-electron chi connectivity index (χ2n) is 11.7. The number of nitrogens with zero attached hydrogens (tertiary/aromatic N) is 6. The number of hydrogen-bond acceptors (Lipinski definition) is 3. The first kappa shape index (κ1) is 19.2. The Morgan fingerprint density at radius 1 is 0.353 bits per heavy atom. The summed E-state index contributed by atoms with van der Waals surface area (Å²) < 4.78 is 110. The van der Waals surface area contributed by atoms with Crippen LogP contribution in [-0.2, 0) is 0 Å². The summed E-state index contributed by atoms with van der Waals surface area (Å²) in [4.78, 5) is 14.8. The van der Waals surface area contributed by atoms with Crippen LogP contribution in [0.2, 0.25) is 0 Å². The molecule has 6 heteroatoms. The van der Waals surface area contributed by atoms with E-state index in [1.54, 1.807) is 105 Å². The number of para-hydroxylation sites is 9. The average molecular weight is 667 g/mol. The summed E-state index contributed by atoms with van der Waals surface area (Å²) in [6.07, 6.45) is 0. The molecule has 0 aliphatic carbocycles. The quantitative estimate of drug-likeness (QED) is 0.177. The molecule has 7 aromatic carbocycles. The molecular formula is C45H30N6. The van der Waals surface area contributed by atoms with Crippen molar-refractivity contribution < 1.29 is 16.4 Å². The maximum absolute atomic E-state index is 9.05. The summed E-state index contributed by atoms with van der Waals surface area (Å²) in [7, 11) is 0. The lowest BCUT2D eigenvalue weighted by Crippen LogP contribution is -2.02. The van der Waals surface area contributed by atoms with Gasteiger partial charge in [-0.2, -0.15) is 0 Å². The highest BCUT2D eigenvalue weighted by molar-refractivity contribution is 5.90. The third-order valence-electron chi connectivity index (χ3n) is 8.66. The standard InChI is InChI=1S/C45H30N6/c1-4-16-34(17-5-1)49-40-25-13-10-22-37(40)46-43(49)31-28-32(44-47-38-23-11-14-26-41(38)50(44)35-18-6-2-7-19-35)30-33(29-31)45-48-39-24-12-15-27-42(39)51(45)36-20-8-3-9-21-36/h1-30H/i10D,11D,12D,13D,14D,15D,22D,23D,24D,25D,26D,27D. The van der Waals surface area contributed by atoms with Gasteiger partial charge in [0.15, 0.2) is 0 Å². The molecule has 0 fully saturated rings. The van der Waals surface area contributed by atoms with Crippen LogP contribution in [0.25, 0.3) is 84.3 Å². The van der Waals surface area contributed by atoms with Crippen LogP contribution < -0.4 is 0 Å². The fourth-order valence-corrected chi connectivity index (χ4v) is 6.49. The van der Waals surface area contributed by atoms with Gasteiger partial charge >= 0.3 is 0 Å². The number of aromatic nitrogens is 6. The molecule has 10 rings (SSSR count). The Bertz CT molecular complexity index is 3150. The molecule has 0 saturated carbocycles. The predicted molar refractivity (Wildman–Crippen MR) is 207 cm³/mol. The third kappa shape index (κ3) is 4.84. The summed E-state index contributed by atoms with van der Waals surface area (Å²) in [5, 5.41) is 0. The minimum atomic E-state index is -0.459. The van der Waals surface area contributed by atoms with Crippen LogP contribution in [0.5, 0.6) is 0 Å². The lowest BCUT2D eigenvalue weighted by molar-refractivity contribution is 1.09. The molecule has 0 N–H and O–H groups in total. The molecule has 0 aliphatic heterocycles. The third-order valence-corrected chi connectivity index (χ3v) is 8.66. The van der Waals surface area contributed by atoms with Crippen molar-refractivity contribution >= 4 is 33.1 Å². The zero-order chi connectivity index (χ0) is 44.2.